The maximum absolute atomic E-state index is 13.0. The molecule has 10 nitrogen and oxygen atoms in total. The van der Waals surface area contributed by atoms with Gasteiger partial charge in [0, 0.05) is 16.6 Å². The first-order valence-corrected chi connectivity index (χ1v) is 11.8. The fourth-order valence-electron chi connectivity index (χ4n) is 2.95. The number of nitrogen functional groups attached to an aromatic ring is 1. The standard InChI is InChI=1S/C22H19N7O3S2/c1-32-21-19(34(31)29-14-7-8-17(28-24)16(23)9-14)10-15(11-25-21)26-20(30)18-12-33-22(27-18)13-5-3-2-4-6-13/h2-12,24,29H,23H2,1H3,(H,26,30). The maximum atomic E-state index is 13.0. The first kappa shape index (κ1) is 23.0. The van der Waals surface area contributed by atoms with E-state index in [-0.39, 0.29) is 22.2 Å². The Hall–Kier alpha value is -4.16. The monoisotopic (exact) mass is 493 g/mol. The van der Waals surface area contributed by atoms with Crippen LogP contribution < -0.4 is 20.5 Å². The van der Waals surface area contributed by atoms with Crippen LogP contribution in [0.4, 0.5) is 22.7 Å². The number of ether oxygens (including phenoxy) is 1. The quantitative estimate of drug-likeness (QED) is 0.203. The molecule has 2 aromatic heterocycles. The number of nitrogens with one attached hydrogen (secondary N) is 3. The molecule has 34 heavy (non-hydrogen) atoms. The van der Waals surface area contributed by atoms with Gasteiger partial charge in [-0.15, -0.1) is 11.3 Å². The molecular formula is C22H19N7O3S2. The van der Waals surface area contributed by atoms with E-state index in [4.69, 9.17) is 16.0 Å². The summed E-state index contributed by atoms with van der Waals surface area (Å²) >= 11 is 1.37. The van der Waals surface area contributed by atoms with Crippen molar-refractivity contribution >= 4 is 51.0 Å². The van der Waals surface area contributed by atoms with Crippen molar-refractivity contribution in [3.8, 4) is 16.5 Å². The van der Waals surface area contributed by atoms with E-state index in [0.717, 1.165) is 10.6 Å². The van der Waals surface area contributed by atoms with E-state index in [1.54, 1.807) is 11.4 Å². The minimum Gasteiger partial charge on any atom is -0.480 e. The highest BCUT2D eigenvalue weighted by Gasteiger charge is 2.17. The van der Waals surface area contributed by atoms with E-state index in [1.165, 1.54) is 42.8 Å². The molecule has 1 unspecified atom stereocenters. The molecule has 0 radical (unpaired) electrons. The number of carbonyl (C=O) groups excluding carboxylic acids is 1. The molecule has 1 atom stereocenters. The number of nitrogens with two attached hydrogens (primary N) is 1. The first-order valence-electron chi connectivity index (χ1n) is 9.80. The summed E-state index contributed by atoms with van der Waals surface area (Å²) in [6, 6.07) is 15.7. The second kappa shape index (κ2) is 10.2. The fourth-order valence-corrected chi connectivity index (χ4v) is 4.74. The molecular weight excluding hydrogens is 474 g/mol. The molecule has 0 saturated carbocycles. The third-order valence-electron chi connectivity index (χ3n) is 4.59. The van der Waals surface area contributed by atoms with E-state index in [2.05, 4.69) is 25.1 Å². The molecule has 0 saturated heterocycles. The van der Waals surface area contributed by atoms with Crippen LogP contribution in [0.25, 0.3) is 10.6 Å². The van der Waals surface area contributed by atoms with Crippen LogP contribution in [0.15, 0.2) is 76.2 Å². The molecule has 2 aromatic carbocycles. The molecule has 172 valence electrons. The molecule has 0 aliphatic carbocycles. The number of aromatic nitrogens is 2. The molecule has 5 N–H and O–H groups in total. The molecule has 1 amide bonds. The van der Waals surface area contributed by atoms with Gasteiger partial charge < -0.3 is 20.5 Å². The van der Waals surface area contributed by atoms with Crippen LogP contribution in [0.1, 0.15) is 10.5 Å². The highest BCUT2D eigenvalue weighted by molar-refractivity contribution is 7.86. The first-order chi connectivity index (χ1) is 16.5. The summed E-state index contributed by atoms with van der Waals surface area (Å²) in [5.41, 5.74) is 15.4. The number of rotatable bonds is 8. The van der Waals surface area contributed by atoms with Crippen LogP contribution in [-0.2, 0) is 11.0 Å². The topological polar surface area (TPSA) is 155 Å². The normalized spacial score (nSPS) is 11.4. The number of methoxy groups -OCH3 is 1. The van der Waals surface area contributed by atoms with E-state index >= 15 is 0 Å². The SMILES string of the molecule is COc1ncc(NC(=O)c2csc(-c3ccccc3)n2)cc1S(=O)Nc1ccc(N=N)c(N)c1. The average Bonchev–Trinajstić information content (AvgIpc) is 3.35. The van der Waals surface area contributed by atoms with Crippen molar-refractivity contribution < 1.29 is 13.7 Å². The zero-order valence-corrected chi connectivity index (χ0v) is 19.4. The lowest BCUT2D eigenvalue weighted by Crippen LogP contribution is -2.14. The Morgan fingerprint density at radius 2 is 1.97 bits per heavy atom. The van der Waals surface area contributed by atoms with E-state index < -0.39 is 16.9 Å². The van der Waals surface area contributed by atoms with Crippen molar-refractivity contribution in [3.05, 3.63) is 71.9 Å². The number of benzene rings is 2. The van der Waals surface area contributed by atoms with Crippen molar-refractivity contribution in [2.75, 3.05) is 22.9 Å². The van der Waals surface area contributed by atoms with E-state index in [1.807, 2.05) is 30.3 Å². The van der Waals surface area contributed by atoms with Gasteiger partial charge in [0.2, 0.25) is 5.88 Å². The molecule has 0 aliphatic rings. The Bertz CT molecular complexity index is 1380. The van der Waals surface area contributed by atoms with Gasteiger partial charge in [-0.2, -0.15) is 5.11 Å². The molecule has 0 fully saturated rings. The van der Waals surface area contributed by atoms with Gasteiger partial charge >= 0.3 is 0 Å². The Morgan fingerprint density at radius 1 is 1.18 bits per heavy atom. The van der Waals surface area contributed by atoms with E-state index in [9.17, 15) is 9.00 Å². The van der Waals surface area contributed by atoms with Crippen LogP contribution in [0.3, 0.4) is 0 Å². The van der Waals surface area contributed by atoms with Gasteiger partial charge in [0.15, 0.2) is 11.0 Å². The zero-order chi connectivity index (χ0) is 24.1. The molecule has 0 bridgehead atoms. The summed E-state index contributed by atoms with van der Waals surface area (Å²) in [4.78, 5) is 21.5. The van der Waals surface area contributed by atoms with E-state index in [0.29, 0.717) is 17.1 Å². The van der Waals surface area contributed by atoms with Gasteiger partial charge in [-0.1, -0.05) is 30.3 Å². The summed E-state index contributed by atoms with van der Waals surface area (Å²) in [6.07, 6.45) is 1.41. The Kier molecular flexibility index (Phi) is 6.90. The summed E-state index contributed by atoms with van der Waals surface area (Å²) < 4.78 is 21.0. The number of anilines is 3. The predicted molar refractivity (Wildman–Crippen MR) is 132 cm³/mol. The van der Waals surface area contributed by atoms with Crippen molar-refractivity contribution in [2.45, 2.75) is 4.90 Å². The number of carbonyl (C=O) groups is 1. The van der Waals surface area contributed by atoms with Gasteiger partial charge in [0.1, 0.15) is 21.3 Å². The van der Waals surface area contributed by atoms with Gasteiger partial charge in [0.25, 0.3) is 5.91 Å². The third kappa shape index (κ3) is 5.08. The number of pyridine rings is 1. The Balaban J connectivity index is 1.52. The van der Waals surface area contributed by atoms with Crippen molar-refractivity contribution in [1.29, 1.82) is 5.53 Å². The second-order valence-electron chi connectivity index (χ2n) is 6.85. The van der Waals surface area contributed by atoms with Crippen LogP contribution in [0.2, 0.25) is 0 Å². The largest absolute Gasteiger partial charge is 0.480 e. The molecule has 12 heteroatoms. The number of thiazole rings is 1. The lowest BCUT2D eigenvalue weighted by atomic mass is 10.2. The average molecular weight is 494 g/mol. The summed E-state index contributed by atoms with van der Waals surface area (Å²) in [7, 11) is -0.382. The number of hydrogen-bond donors (Lipinski definition) is 4. The van der Waals surface area contributed by atoms with Crippen LogP contribution in [0, 0.1) is 5.53 Å². The molecule has 0 aliphatic heterocycles. The van der Waals surface area contributed by atoms with Crippen molar-refractivity contribution in [3.63, 3.8) is 0 Å². The maximum Gasteiger partial charge on any atom is 0.275 e. The Morgan fingerprint density at radius 3 is 2.68 bits per heavy atom. The fraction of sp³-hybridized carbons (Fsp3) is 0.0455. The summed E-state index contributed by atoms with van der Waals surface area (Å²) in [5, 5.41) is 8.44. The highest BCUT2D eigenvalue weighted by atomic mass is 32.2. The van der Waals surface area contributed by atoms with Gasteiger partial charge in [-0.25, -0.2) is 19.7 Å². The Labute approximate surface area is 201 Å². The van der Waals surface area contributed by atoms with Crippen LogP contribution in [-0.4, -0.2) is 27.2 Å². The zero-order valence-electron chi connectivity index (χ0n) is 17.8. The van der Waals surface area contributed by atoms with Gasteiger partial charge in [-0.3, -0.25) is 4.79 Å². The number of amides is 1. The van der Waals surface area contributed by atoms with Gasteiger partial charge in [0.05, 0.1) is 24.7 Å². The minimum atomic E-state index is -1.79. The predicted octanol–water partition coefficient (Wildman–Crippen LogP) is 4.85. The van der Waals surface area contributed by atoms with Crippen molar-refractivity contribution in [1.82, 2.24) is 9.97 Å². The third-order valence-corrected chi connectivity index (χ3v) is 6.59. The second-order valence-corrected chi connectivity index (χ2v) is 8.89. The van der Waals surface area contributed by atoms with Gasteiger partial charge in [-0.05, 0) is 24.3 Å². The summed E-state index contributed by atoms with van der Waals surface area (Å²) in [6.45, 7) is 0. The van der Waals surface area contributed by atoms with Crippen LogP contribution in [0.5, 0.6) is 5.88 Å². The van der Waals surface area contributed by atoms with Crippen LogP contribution >= 0.6 is 11.3 Å². The molecule has 4 rings (SSSR count). The molecule has 4 aromatic rings. The summed E-state index contributed by atoms with van der Waals surface area (Å²) in [5.74, 6) is -0.285. The highest BCUT2D eigenvalue weighted by Crippen LogP contribution is 2.29. The van der Waals surface area contributed by atoms with Crippen molar-refractivity contribution in [2.24, 2.45) is 5.11 Å². The smallest absolute Gasteiger partial charge is 0.275 e. The lowest BCUT2D eigenvalue weighted by molar-refractivity contribution is 0.102. The minimum absolute atomic E-state index is 0.134. The molecule has 0 spiro atoms. The number of hydrogen-bond acceptors (Lipinski definition) is 9. The lowest BCUT2D eigenvalue weighted by Gasteiger charge is -2.12. The number of nitrogens with zero attached hydrogens (tertiary/aromatic N) is 3. The molecule has 2 heterocycles.